The second-order valence-electron chi connectivity index (χ2n) is 5.55. The number of amides is 2. The lowest BCUT2D eigenvalue weighted by Crippen LogP contribution is -2.20. The van der Waals surface area contributed by atoms with E-state index in [0.717, 1.165) is 10.8 Å². The number of halogens is 1. The molecule has 4 nitrogen and oxygen atoms in total. The zero-order chi connectivity index (χ0) is 16.8. The van der Waals surface area contributed by atoms with Gasteiger partial charge in [0.05, 0.1) is 18.2 Å². The minimum atomic E-state index is -0.445. The molecular weight excluding hydrogens is 309 g/mol. The van der Waals surface area contributed by atoms with Crippen molar-refractivity contribution in [2.24, 2.45) is 0 Å². The zero-order valence-electron chi connectivity index (χ0n) is 12.7. The maximum Gasteiger partial charge on any atom is 0.259 e. The van der Waals surface area contributed by atoms with Crippen LogP contribution < -0.4 is 10.1 Å². The standard InChI is InChI=1S/C19H12FNO3/c1-24-13-7-4-11-8-15-17(19(23)21-18(15)22)16(14(11)9-13)10-2-5-12(20)6-3-10/h2-9H,1H3,(H,21,22,23). The summed E-state index contributed by atoms with van der Waals surface area (Å²) in [5.74, 6) is -0.598. The minimum absolute atomic E-state index is 0.312. The number of nitrogens with one attached hydrogen (secondary N) is 1. The molecule has 1 aliphatic rings. The van der Waals surface area contributed by atoms with Crippen LogP contribution in [0.5, 0.6) is 5.75 Å². The Kier molecular flexibility index (Phi) is 3.09. The van der Waals surface area contributed by atoms with Crippen molar-refractivity contribution in [3.05, 3.63) is 65.5 Å². The molecule has 0 bridgehead atoms. The summed E-state index contributed by atoms with van der Waals surface area (Å²) in [6, 6.07) is 13.0. The predicted octanol–water partition coefficient (Wildman–Crippen LogP) is 3.54. The van der Waals surface area contributed by atoms with Gasteiger partial charge in [0, 0.05) is 5.56 Å². The summed E-state index contributed by atoms with van der Waals surface area (Å²) in [6.07, 6.45) is 0. The first-order chi connectivity index (χ1) is 11.6. The lowest BCUT2D eigenvalue weighted by Gasteiger charge is -2.12. The lowest BCUT2D eigenvalue weighted by atomic mass is 9.90. The van der Waals surface area contributed by atoms with Crippen molar-refractivity contribution < 1.29 is 18.7 Å². The second-order valence-corrected chi connectivity index (χ2v) is 5.55. The van der Waals surface area contributed by atoms with E-state index in [1.54, 1.807) is 31.4 Å². The van der Waals surface area contributed by atoms with Crippen LogP contribution in [0.3, 0.4) is 0 Å². The first kappa shape index (κ1) is 14.4. The summed E-state index contributed by atoms with van der Waals surface area (Å²) < 4.78 is 18.6. The van der Waals surface area contributed by atoms with Gasteiger partial charge in [0.2, 0.25) is 0 Å². The summed E-state index contributed by atoms with van der Waals surface area (Å²) >= 11 is 0. The first-order valence-electron chi connectivity index (χ1n) is 7.35. The molecule has 0 atom stereocenters. The highest BCUT2D eigenvalue weighted by Crippen LogP contribution is 2.38. The Bertz CT molecular complexity index is 1010. The van der Waals surface area contributed by atoms with Crippen LogP contribution in [-0.2, 0) is 0 Å². The van der Waals surface area contributed by atoms with E-state index in [4.69, 9.17) is 4.74 Å². The molecule has 0 saturated heterocycles. The molecule has 0 unspecified atom stereocenters. The largest absolute Gasteiger partial charge is 0.497 e. The van der Waals surface area contributed by atoms with Crippen LogP contribution >= 0.6 is 0 Å². The maximum atomic E-state index is 13.3. The molecule has 4 rings (SSSR count). The average molecular weight is 321 g/mol. The Labute approximate surface area is 136 Å². The molecule has 24 heavy (non-hydrogen) atoms. The van der Waals surface area contributed by atoms with Crippen LogP contribution in [0.25, 0.3) is 21.9 Å². The average Bonchev–Trinajstić information content (AvgIpc) is 2.87. The van der Waals surface area contributed by atoms with Gasteiger partial charge in [-0.3, -0.25) is 14.9 Å². The maximum absolute atomic E-state index is 13.3. The van der Waals surface area contributed by atoms with Gasteiger partial charge in [0.25, 0.3) is 11.8 Å². The molecule has 0 fully saturated rings. The number of carbonyl (C=O) groups is 2. The van der Waals surface area contributed by atoms with E-state index >= 15 is 0 Å². The third kappa shape index (κ3) is 2.06. The van der Waals surface area contributed by atoms with Crippen LogP contribution in [0.1, 0.15) is 20.7 Å². The molecule has 5 heteroatoms. The fraction of sp³-hybridized carbons (Fsp3) is 0.0526. The predicted molar refractivity (Wildman–Crippen MR) is 87.7 cm³/mol. The number of ether oxygens (including phenoxy) is 1. The van der Waals surface area contributed by atoms with Gasteiger partial charge in [-0.15, -0.1) is 0 Å². The Morgan fingerprint density at radius 2 is 1.67 bits per heavy atom. The van der Waals surface area contributed by atoms with Crippen LogP contribution in [0.2, 0.25) is 0 Å². The van der Waals surface area contributed by atoms with Gasteiger partial charge < -0.3 is 4.74 Å². The van der Waals surface area contributed by atoms with E-state index in [9.17, 15) is 14.0 Å². The number of carbonyl (C=O) groups excluding carboxylic acids is 2. The molecule has 1 heterocycles. The molecule has 2 amide bonds. The Morgan fingerprint density at radius 1 is 0.917 bits per heavy atom. The third-order valence-electron chi connectivity index (χ3n) is 4.18. The molecule has 0 aliphatic carbocycles. The Morgan fingerprint density at radius 3 is 2.38 bits per heavy atom. The van der Waals surface area contributed by atoms with Gasteiger partial charge >= 0.3 is 0 Å². The number of fused-ring (bicyclic) bond motifs is 2. The van der Waals surface area contributed by atoms with Gasteiger partial charge in [-0.1, -0.05) is 18.2 Å². The van der Waals surface area contributed by atoms with E-state index in [0.29, 0.717) is 28.0 Å². The molecule has 1 aliphatic heterocycles. The van der Waals surface area contributed by atoms with Crippen LogP contribution in [0.4, 0.5) is 4.39 Å². The summed E-state index contributed by atoms with van der Waals surface area (Å²) in [6.45, 7) is 0. The molecule has 3 aromatic rings. The second kappa shape index (κ2) is 5.16. The monoisotopic (exact) mass is 321 g/mol. The summed E-state index contributed by atoms with van der Waals surface area (Å²) in [5.41, 5.74) is 1.91. The molecule has 0 radical (unpaired) electrons. The van der Waals surface area contributed by atoms with Crippen LogP contribution in [0.15, 0.2) is 48.5 Å². The van der Waals surface area contributed by atoms with Crippen molar-refractivity contribution in [3.8, 4) is 16.9 Å². The number of benzene rings is 3. The Balaban J connectivity index is 2.14. The van der Waals surface area contributed by atoms with Gasteiger partial charge in [0.1, 0.15) is 11.6 Å². The Hall–Kier alpha value is -3.21. The van der Waals surface area contributed by atoms with Gasteiger partial charge in [0.15, 0.2) is 0 Å². The van der Waals surface area contributed by atoms with E-state index in [1.807, 2.05) is 12.1 Å². The molecule has 118 valence electrons. The zero-order valence-corrected chi connectivity index (χ0v) is 12.7. The van der Waals surface area contributed by atoms with Crippen molar-refractivity contribution in [1.82, 2.24) is 5.32 Å². The van der Waals surface area contributed by atoms with Crippen molar-refractivity contribution in [3.63, 3.8) is 0 Å². The van der Waals surface area contributed by atoms with Crippen molar-refractivity contribution in [1.29, 1.82) is 0 Å². The summed E-state index contributed by atoms with van der Waals surface area (Å²) in [7, 11) is 1.56. The van der Waals surface area contributed by atoms with Gasteiger partial charge in [-0.05, 0) is 46.7 Å². The third-order valence-corrected chi connectivity index (χ3v) is 4.18. The molecule has 1 N–H and O–H groups in total. The number of hydrogen-bond acceptors (Lipinski definition) is 3. The number of rotatable bonds is 2. The van der Waals surface area contributed by atoms with E-state index in [2.05, 4.69) is 5.32 Å². The topological polar surface area (TPSA) is 55.4 Å². The number of imide groups is 1. The molecule has 0 spiro atoms. The van der Waals surface area contributed by atoms with E-state index in [-0.39, 0.29) is 5.82 Å². The quantitative estimate of drug-likeness (QED) is 0.735. The van der Waals surface area contributed by atoms with Crippen molar-refractivity contribution in [2.75, 3.05) is 7.11 Å². The van der Waals surface area contributed by atoms with Gasteiger partial charge in [-0.2, -0.15) is 0 Å². The number of hydrogen-bond donors (Lipinski definition) is 1. The van der Waals surface area contributed by atoms with E-state index in [1.165, 1.54) is 12.1 Å². The number of methoxy groups -OCH3 is 1. The summed E-state index contributed by atoms with van der Waals surface area (Å²) in [4.78, 5) is 24.4. The fourth-order valence-corrected chi connectivity index (χ4v) is 3.07. The molecule has 0 saturated carbocycles. The van der Waals surface area contributed by atoms with E-state index < -0.39 is 11.8 Å². The molecular formula is C19H12FNO3. The lowest BCUT2D eigenvalue weighted by molar-refractivity contribution is 0.0880. The minimum Gasteiger partial charge on any atom is -0.497 e. The molecule has 0 aromatic heterocycles. The first-order valence-corrected chi connectivity index (χ1v) is 7.35. The smallest absolute Gasteiger partial charge is 0.259 e. The highest BCUT2D eigenvalue weighted by molar-refractivity contribution is 6.27. The van der Waals surface area contributed by atoms with Gasteiger partial charge in [-0.25, -0.2) is 4.39 Å². The van der Waals surface area contributed by atoms with Crippen molar-refractivity contribution in [2.45, 2.75) is 0 Å². The fourth-order valence-electron chi connectivity index (χ4n) is 3.07. The summed E-state index contributed by atoms with van der Waals surface area (Å²) in [5, 5.41) is 3.90. The van der Waals surface area contributed by atoms with Crippen LogP contribution in [0, 0.1) is 5.82 Å². The highest BCUT2D eigenvalue weighted by Gasteiger charge is 2.31. The van der Waals surface area contributed by atoms with Crippen molar-refractivity contribution >= 4 is 22.6 Å². The SMILES string of the molecule is COc1ccc2cc3c(c(-c4ccc(F)cc4)c2c1)C(=O)NC3=O. The molecule has 3 aromatic carbocycles. The highest BCUT2D eigenvalue weighted by atomic mass is 19.1. The van der Waals surface area contributed by atoms with Crippen LogP contribution in [-0.4, -0.2) is 18.9 Å². The normalized spacial score (nSPS) is 13.1.